The van der Waals surface area contributed by atoms with Crippen molar-refractivity contribution < 1.29 is 18.9 Å². The largest absolute Gasteiger partial charge is 0.497 e. The summed E-state index contributed by atoms with van der Waals surface area (Å²) in [5.74, 6) is 1.98. The topological polar surface area (TPSA) is 71.8 Å². The molecule has 0 N–H and O–H groups in total. The first-order valence-corrected chi connectivity index (χ1v) is 10.9. The van der Waals surface area contributed by atoms with Crippen molar-refractivity contribution in [1.82, 2.24) is 9.55 Å². The molecule has 1 saturated heterocycles. The van der Waals surface area contributed by atoms with Crippen LogP contribution < -0.4 is 19.9 Å². The van der Waals surface area contributed by atoms with Crippen LogP contribution in [-0.4, -0.2) is 36.0 Å². The van der Waals surface area contributed by atoms with Gasteiger partial charge in [-0.25, -0.2) is 4.79 Å². The molecule has 1 atom stereocenters. The van der Waals surface area contributed by atoms with Gasteiger partial charge < -0.3 is 18.9 Å². The van der Waals surface area contributed by atoms with Crippen molar-refractivity contribution in [2.75, 3.05) is 20.3 Å². The molecule has 32 heavy (non-hydrogen) atoms. The van der Waals surface area contributed by atoms with Gasteiger partial charge in [0.1, 0.15) is 24.7 Å². The van der Waals surface area contributed by atoms with Crippen molar-refractivity contribution in [3.8, 4) is 28.6 Å². The van der Waals surface area contributed by atoms with E-state index in [4.69, 9.17) is 18.9 Å². The van der Waals surface area contributed by atoms with E-state index < -0.39 is 0 Å². The van der Waals surface area contributed by atoms with Crippen molar-refractivity contribution in [3.63, 3.8) is 0 Å². The molecule has 7 heteroatoms. The monoisotopic (exact) mass is 434 g/mol. The Morgan fingerprint density at radius 2 is 1.94 bits per heavy atom. The minimum atomic E-state index is -0.282. The third kappa shape index (κ3) is 4.34. The maximum Gasteiger partial charge on any atom is 0.351 e. The highest BCUT2D eigenvalue weighted by Crippen LogP contribution is 2.32. The number of aromatic nitrogens is 2. The van der Waals surface area contributed by atoms with E-state index in [1.807, 2.05) is 42.5 Å². The first-order valence-electron chi connectivity index (χ1n) is 10.9. The van der Waals surface area contributed by atoms with E-state index in [2.05, 4.69) is 11.1 Å². The standard InChI is InChI=1S/C25H26N2O5/c1-29-19-6-4-17(5-7-19)15-31-20-8-9-22-18(13-20)10-11-27-23(22)14-24(26-25(27)28)32-16-21-3-2-12-30-21/h4-9,13-14,21H,2-3,10-12,15-16H2,1H3. The van der Waals surface area contributed by atoms with Gasteiger partial charge in [-0.15, -0.1) is 0 Å². The normalized spacial score (nSPS) is 16.8. The van der Waals surface area contributed by atoms with Gasteiger partial charge in [-0.3, -0.25) is 4.57 Å². The highest BCUT2D eigenvalue weighted by molar-refractivity contribution is 5.67. The SMILES string of the molecule is COc1ccc(COc2ccc3c(c2)CCn2c-3cc(OCC3CCCO3)nc2=O)cc1. The number of fused-ring (bicyclic) bond motifs is 3. The lowest BCUT2D eigenvalue weighted by atomic mass is 9.97. The van der Waals surface area contributed by atoms with Crippen LogP contribution in [0.15, 0.2) is 53.3 Å². The van der Waals surface area contributed by atoms with Crippen LogP contribution in [-0.2, 0) is 24.3 Å². The number of hydrogen-bond acceptors (Lipinski definition) is 6. The molecule has 2 aliphatic rings. The maximum absolute atomic E-state index is 12.6. The van der Waals surface area contributed by atoms with Crippen molar-refractivity contribution in [2.24, 2.45) is 0 Å². The summed E-state index contributed by atoms with van der Waals surface area (Å²) >= 11 is 0. The summed E-state index contributed by atoms with van der Waals surface area (Å²) in [6, 6.07) is 15.7. The predicted molar refractivity (Wildman–Crippen MR) is 119 cm³/mol. The molecule has 2 aromatic carbocycles. The van der Waals surface area contributed by atoms with Crippen molar-refractivity contribution in [1.29, 1.82) is 0 Å². The third-order valence-corrected chi connectivity index (χ3v) is 5.95. The highest BCUT2D eigenvalue weighted by Gasteiger charge is 2.21. The van der Waals surface area contributed by atoms with Crippen LogP contribution in [0.3, 0.4) is 0 Å². The van der Waals surface area contributed by atoms with E-state index in [-0.39, 0.29) is 11.8 Å². The average Bonchev–Trinajstić information content (AvgIpc) is 3.35. The van der Waals surface area contributed by atoms with Gasteiger partial charge in [-0.05, 0) is 60.7 Å². The number of benzene rings is 2. The summed E-state index contributed by atoms with van der Waals surface area (Å²) in [6.45, 7) is 2.25. The molecule has 1 aromatic heterocycles. The van der Waals surface area contributed by atoms with Gasteiger partial charge in [0.05, 0.1) is 18.9 Å². The fourth-order valence-corrected chi connectivity index (χ4v) is 4.19. The Bertz CT molecular complexity index is 1150. The Hall–Kier alpha value is -3.32. The second-order valence-electron chi connectivity index (χ2n) is 8.07. The number of rotatable bonds is 7. The molecule has 1 unspecified atom stereocenters. The molecule has 7 nitrogen and oxygen atoms in total. The summed E-state index contributed by atoms with van der Waals surface area (Å²) in [7, 11) is 1.65. The molecule has 0 amide bonds. The molecule has 1 fully saturated rings. The molecule has 166 valence electrons. The van der Waals surface area contributed by atoms with E-state index in [0.717, 1.165) is 59.8 Å². The Kier molecular flexibility index (Phi) is 5.81. The van der Waals surface area contributed by atoms with Crippen molar-refractivity contribution in [3.05, 3.63) is 70.1 Å². The van der Waals surface area contributed by atoms with Crippen molar-refractivity contribution in [2.45, 2.75) is 38.5 Å². The van der Waals surface area contributed by atoms with Crippen LogP contribution in [0.25, 0.3) is 11.3 Å². The van der Waals surface area contributed by atoms with Crippen LogP contribution in [0.2, 0.25) is 0 Å². The van der Waals surface area contributed by atoms with Crippen LogP contribution in [0, 0.1) is 0 Å². The molecule has 0 spiro atoms. The first kappa shape index (κ1) is 20.6. The summed E-state index contributed by atoms with van der Waals surface area (Å²) < 4.78 is 24.3. The second-order valence-corrected chi connectivity index (χ2v) is 8.07. The molecule has 5 rings (SSSR count). The molecule has 0 bridgehead atoms. The van der Waals surface area contributed by atoms with Gasteiger partial charge >= 0.3 is 5.69 Å². The number of methoxy groups -OCH3 is 1. The number of aryl methyl sites for hydroxylation is 1. The van der Waals surface area contributed by atoms with E-state index in [9.17, 15) is 4.79 Å². The zero-order valence-corrected chi connectivity index (χ0v) is 18.1. The molecule has 0 saturated carbocycles. The zero-order valence-electron chi connectivity index (χ0n) is 18.1. The molecule has 0 radical (unpaired) electrons. The van der Waals surface area contributed by atoms with Crippen LogP contribution >= 0.6 is 0 Å². The van der Waals surface area contributed by atoms with Crippen LogP contribution in [0.4, 0.5) is 0 Å². The van der Waals surface area contributed by atoms with Gasteiger partial charge in [-0.2, -0.15) is 4.98 Å². The first-order chi connectivity index (χ1) is 15.7. The molecule has 3 aromatic rings. The fraction of sp³-hybridized carbons (Fsp3) is 0.360. The van der Waals surface area contributed by atoms with E-state index >= 15 is 0 Å². The van der Waals surface area contributed by atoms with Gasteiger partial charge in [0.15, 0.2) is 0 Å². The van der Waals surface area contributed by atoms with E-state index in [1.165, 1.54) is 0 Å². The number of hydrogen-bond donors (Lipinski definition) is 0. The quantitative estimate of drug-likeness (QED) is 0.566. The Balaban J connectivity index is 1.33. The van der Waals surface area contributed by atoms with Crippen LogP contribution in [0.5, 0.6) is 17.4 Å². The number of ether oxygens (including phenoxy) is 4. The fourth-order valence-electron chi connectivity index (χ4n) is 4.19. The summed E-state index contributed by atoms with van der Waals surface area (Å²) in [5, 5.41) is 0. The van der Waals surface area contributed by atoms with E-state index in [0.29, 0.717) is 25.6 Å². The zero-order chi connectivity index (χ0) is 21.9. The molecule has 3 heterocycles. The van der Waals surface area contributed by atoms with Gasteiger partial charge in [0.25, 0.3) is 0 Å². The Labute approximate surface area is 186 Å². The molecular formula is C25H26N2O5. The lowest BCUT2D eigenvalue weighted by Gasteiger charge is -2.22. The summed E-state index contributed by atoms with van der Waals surface area (Å²) in [6.07, 6.45) is 2.85. The maximum atomic E-state index is 12.6. The third-order valence-electron chi connectivity index (χ3n) is 5.95. The molecular weight excluding hydrogens is 408 g/mol. The lowest BCUT2D eigenvalue weighted by Crippen LogP contribution is -2.29. The summed E-state index contributed by atoms with van der Waals surface area (Å²) in [5.41, 5.74) is 3.77. The summed E-state index contributed by atoms with van der Waals surface area (Å²) in [4.78, 5) is 16.7. The lowest BCUT2D eigenvalue weighted by molar-refractivity contribution is 0.0661. The van der Waals surface area contributed by atoms with E-state index in [1.54, 1.807) is 11.7 Å². The van der Waals surface area contributed by atoms with Crippen LogP contribution in [0.1, 0.15) is 24.0 Å². The second kappa shape index (κ2) is 9.04. The smallest absolute Gasteiger partial charge is 0.351 e. The van der Waals surface area contributed by atoms with Gasteiger partial charge in [0, 0.05) is 24.8 Å². The highest BCUT2D eigenvalue weighted by atomic mass is 16.5. The van der Waals surface area contributed by atoms with Gasteiger partial charge in [0.2, 0.25) is 5.88 Å². The molecule has 2 aliphatic heterocycles. The Morgan fingerprint density at radius 3 is 2.72 bits per heavy atom. The minimum Gasteiger partial charge on any atom is -0.497 e. The van der Waals surface area contributed by atoms with Gasteiger partial charge in [-0.1, -0.05) is 12.1 Å². The molecule has 0 aliphatic carbocycles. The van der Waals surface area contributed by atoms with Crippen molar-refractivity contribution >= 4 is 0 Å². The Morgan fingerprint density at radius 1 is 1.09 bits per heavy atom. The number of nitrogens with zero attached hydrogens (tertiary/aromatic N) is 2. The minimum absolute atomic E-state index is 0.0771. The average molecular weight is 434 g/mol. The predicted octanol–water partition coefficient (Wildman–Crippen LogP) is 3.61.